The van der Waals surface area contributed by atoms with Crippen molar-refractivity contribution in [2.45, 2.75) is 148 Å². The molecular formula is C24H48O3. The van der Waals surface area contributed by atoms with Crippen molar-refractivity contribution in [2.24, 2.45) is 0 Å². The van der Waals surface area contributed by atoms with Crippen molar-refractivity contribution in [3.63, 3.8) is 0 Å². The molecule has 0 aliphatic heterocycles. The van der Waals surface area contributed by atoms with Gasteiger partial charge < -0.3 is 4.89 Å². The number of unbranched alkanes of at least 4 members (excludes halogenated alkanes) is 20. The van der Waals surface area contributed by atoms with Gasteiger partial charge in [-0.1, -0.05) is 135 Å². The molecule has 0 radical (unpaired) electrons. The van der Waals surface area contributed by atoms with Crippen LogP contribution in [0.2, 0.25) is 0 Å². The Morgan fingerprint density at radius 2 is 0.778 bits per heavy atom. The highest BCUT2D eigenvalue weighted by Gasteiger charge is 2.00. The van der Waals surface area contributed by atoms with Crippen molar-refractivity contribution in [3.05, 3.63) is 0 Å². The fourth-order valence-electron chi connectivity index (χ4n) is 3.75. The van der Waals surface area contributed by atoms with Crippen LogP contribution in [0.4, 0.5) is 0 Å². The zero-order valence-electron chi connectivity index (χ0n) is 18.3. The SMILES string of the molecule is CCCCCCCCCCCCCCCCCCCCCCCC(=O)OO. The molecule has 3 heteroatoms. The molecule has 162 valence electrons. The van der Waals surface area contributed by atoms with Crippen LogP contribution in [0.25, 0.3) is 0 Å². The number of hydrogen-bond donors (Lipinski definition) is 1. The Morgan fingerprint density at radius 3 is 1.04 bits per heavy atom. The predicted octanol–water partition coefficient (Wildman–Crippen LogP) is 8.60. The smallest absolute Gasteiger partial charge is 0.301 e. The van der Waals surface area contributed by atoms with E-state index in [9.17, 15) is 4.79 Å². The lowest BCUT2D eigenvalue weighted by Gasteiger charge is -2.04. The number of rotatable bonds is 22. The second-order valence-electron chi connectivity index (χ2n) is 8.28. The summed E-state index contributed by atoms with van der Waals surface area (Å²) < 4.78 is 0. The molecule has 0 saturated heterocycles. The third kappa shape index (κ3) is 23.4. The van der Waals surface area contributed by atoms with E-state index in [-0.39, 0.29) is 0 Å². The third-order valence-electron chi connectivity index (χ3n) is 5.59. The Labute approximate surface area is 169 Å². The lowest BCUT2D eigenvalue weighted by molar-refractivity contribution is -0.234. The standard InChI is InChI=1S/C24H48O3/c1-2-3-4-5-6-7-8-9-10-11-12-13-14-15-16-17-18-19-20-21-22-23-24(25)27-26/h26H,2-23H2,1H3. The first-order valence-electron chi connectivity index (χ1n) is 12.2. The second-order valence-corrected chi connectivity index (χ2v) is 8.28. The van der Waals surface area contributed by atoms with Gasteiger partial charge in [0.15, 0.2) is 0 Å². The molecule has 0 heterocycles. The van der Waals surface area contributed by atoms with Gasteiger partial charge >= 0.3 is 5.97 Å². The molecule has 0 aromatic carbocycles. The molecule has 0 saturated carbocycles. The molecule has 0 bridgehead atoms. The van der Waals surface area contributed by atoms with E-state index in [4.69, 9.17) is 5.26 Å². The number of carbonyl (C=O) groups excluding carboxylic acids is 1. The Bertz CT molecular complexity index is 291. The van der Waals surface area contributed by atoms with E-state index >= 15 is 0 Å². The normalized spacial score (nSPS) is 11.0. The van der Waals surface area contributed by atoms with Crippen LogP contribution in [-0.4, -0.2) is 11.2 Å². The maximum absolute atomic E-state index is 10.7. The van der Waals surface area contributed by atoms with E-state index in [2.05, 4.69) is 11.8 Å². The lowest BCUT2D eigenvalue weighted by atomic mass is 10.0. The maximum Gasteiger partial charge on any atom is 0.342 e. The van der Waals surface area contributed by atoms with E-state index in [0.29, 0.717) is 6.42 Å². The van der Waals surface area contributed by atoms with Gasteiger partial charge in [-0.15, -0.1) is 0 Å². The fraction of sp³-hybridized carbons (Fsp3) is 0.958. The molecule has 3 nitrogen and oxygen atoms in total. The predicted molar refractivity (Wildman–Crippen MR) is 116 cm³/mol. The average molecular weight is 385 g/mol. The highest BCUT2D eigenvalue weighted by atomic mass is 17.1. The molecule has 27 heavy (non-hydrogen) atoms. The van der Waals surface area contributed by atoms with E-state index in [0.717, 1.165) is 12.8 Å². The molecule has 0 atom stereocenters. The van der Waals surface area contributed by atoms with Crippen molar-refractivity contribution in [2.75, 3.05) is 0 Å². The van der Waals surface area contributed by atoms with Crippen LogP contribution in [-0.2, 0) is 9.68 Å². The zero-order chi connectivity index (χ0) is 19.8. The molecule has 0 amide bonds. The summed E-state index contributed by atoms with van der Waals surface area (Å²) in [5.41, 5.74) is 0. The highest BCUT2D eigenvalue weighted by molar-refractivity contribution is 5.68. The monoisotopic (exact) mass is 384 g/mol. The third-order valence-corrected chi connectivity index (χ3v) is 5.59. The van der Waals surface area contributed by atoms with Crippen molar-refractivity contribution in [1.29, 1.82) is 0 Å². The van der Waals surface area contributed by atoms with Gasteiger partial charge in [0.1, 0.15) is 0 Å². The number of hydrogen-bond acceptors (Lipinski definition) is 3. The molecule has 0 aromatic heterocycles. The molecule has 0 unspecified atom stereocenters. The van der Waals surface area contributed by atoms with Crippen LogP contribution in [0.1, 0.15) is 148 Å². The summed E-state index contributed by atoms with van der Waals surface area (Å²) in [7, 11) is 0. The summed E-state index contributed by atoms with van der Waals surface area (Å²) in [5, 5.41) is 8.15. The summed E-state index contributed by atoms with van der Waals surface area (Å²) in [6.45, 7) is 2.29. The molecule has 0 aromatic rings. The van der Waals surface area contributed by atoms with Crippen LogP contribution in [0.5, 0.6) is 0 Å². The van der Waals surface area contributed by atoms with Crippen molar-refractivity contribution in [3.8, 4) is 0 Å². The van der Waals surface area contributed by atoms with Crippen LogP contribution < -0.4 is 0 Å². The van der Waals surface area contributed by atoms with Crippen LogP contribution in [0, 0.1) is 0 Å². The van der Waals surface area contributed by atoms with Crippen molar-refractivity contribution in [1.82, 2.24) is 0 Å². The van der Waals surface area contributed by atoms with E-state index in [1.165, 1.54) is 122 Å². The fourth-order valence-corrected chi connectivity index (χ4v) is 3.75. The molecule has 0 spiro atoms. The first-order valence-corrected chi connectivity index (χ1v) is 12.2. The summed E-state index contributed by atoms with van der Waals surface area (Å²) >= 11 is 0. The summed E-state index contributed by atoms with van der Waals surface area (Å²) in [6, 6.07) is 0. The molecule has 1 N–H and O–H groups in total. The summed E-state index contributed by atoms with van der Waals surface area (Å²) in [6.07, 6.45) is 28.8. The minimum Gasteiger partial charge on any atom is -0.301 e. The first kappa shape index (κ1) is 26.4. The number of carbonyl (C=O) groups is 1. The lowest BCUT2D eigenvalue weighted by Crippen LogP contribution is -1.99. The Balaban J connectivity index is 3.00. The van der Waals surface area contributed by atoms with Crippen molar-refractivity contribution >= 4 is 5.97 Å². The molecule has 0 fully saturated rings. The Hall–Kier alpha value is -0.570. The molecule has 0 rings (SSSR count). The van der Waals surface area contributed by atoms with Gasteiger partial charge in [-0.2, -0.15) is 5.26 Å². The van der Waals surface area contributed by atoms with Crippen LogP contribution >= 0.6 is 0 Å². The second kappa shape index (κ2) is 23.5. The van der Waals surface area contributed by atoms with E-state index in [1.54, 1.807) is 0 Å². The Kier molecular flexibility index (Phi) is 23.0. The quantitative estimate of drug-likeness (QED) is 0.115. The molecule has 0 aliphatic carbocycles. The van der Waals surface area contributed by atoms with Gasteiger partial charge in [0.2, 0.25) is 0 Å². The van der Waals surface area contributed by atoms with Crippen LogP contribution in [0.3, 0.4) is 0 Å². The van der Waals surface area contributed by atoms with Gasteiger partial charge in [-0.25, -0.2) is 4.79 Å². The summed E-state index contributed by atoms with van der Waals surface area (Å²) in [5.74, 6) is -0.507. The Morgan fingerprint density at radius 1 is 0.519 bits per heavy atom. The van der Waals surface area contributed by atoms with Crippen molar-refractivity contribution < 1.29 is 14.9 Å². The van der Waals surface area contributed by atoms with Crippen LogP contribution in [0.15, 0.2) is 0 Å². The minimum atomic E-state index is -0.507. The first-order chi connectivity index (χ1) is 13.3. The van der Waals surface area contributed by atoms with Gasteiger partial charge in [0.25, 0.3) is 0 Å². The average Bonchev–Trinajstić information content (AvgIpc) is 2.68. The van der Waals surface area contributed by atoms with Gasteiger partial charge in [-0.3, -0.25) is 0 Å². The van der Waals surface area contributed by atoms with Gasteiger partial charge in [0.05, 0.1) is 0 Å². The topological polar surface area (TPSA) is 46.5 Å². The molecule has 0 aliphatic rings. The van der Waals surface area contributed by atoms with E-state index in [1.807, 2.05) is 0 Å². The largest absolute Gasteiger partial charge is 0.342 e. The zero-order valence-corrected chi connectivity index (χ0v) is 18.3. The van der Waals surface area contributed by atoms with Gasteiger partial charge in [-0.05, 0) is 6.42 Å². The molecular weight excluding hydrogens is 336 g/mol. The minimum absolute atomic E-state index is 0.343. The van der Waals surface area contributed by atoms with E-state index < -0.39 is 5.97 Å². The van der Waals surface area contributed by atoms with Gasteiger partial charge in [0, 0.05) is 6.42 Å². The maximum atomic E-state index is 10.7. The summed E-state index contributed by atoms with van der Waals surface area (Å²) in [4.78, 5) is 14.4. The highest BCUT2D eigenvalue weighted by Crippen LogP contribution is 2.15.